The van der Waals surface area contributed by atoms with Crippen LogP contribution in [-0.2, 0) is 0 Å². The smallest absolute Gasteiger partial charge is 0.191 e. The summed E-state index contributed by atoms with van der Waals surface area (Å²) in [7, 11) is 4.19. The van der Waals surface area contributed by atoms with E-state index in [2.05, 4.69) is 39.4 Å². The van der Waals surface area contributed by atoms with Crippen molar-refractivity contribution in [3.63, 3.8) is 0 Å². The molecule has 2 aliphatic heterocycles. The van der Waals surface area contributed by atoms with Gasteiger partial charge in [0.05, 0.1) is 0 Å². The van der Waals surface area contributed by atoms with E-state index in [4.69, 9.17) is 0 Å². The molecule has 0 bridgehead atoms. The number of nitrogens with one attached hydrogen (secondary N) is 2. The molecule has 0 unspecified atom stereocenters. The average molecular weight is 506 g/mol. The number of guanidine groups is 1. The molecule has 2 saturated heterocycles. The molecule has 3 aliphatic rings. The van der Waals surface area contributed by atoms with Gasteiger partial charge in [0.2, 0.25) is 0 Å². The van der Waals surface area contributed by atoms with Gasteiger partial charge in [-0.2, -0.15) is 0 Å². The average Bonchev–Trinajstić information content (AvgIpc) is 3.20. The minimum atomic E-state index is 0. The van der Waals surface area contributed by atoms with E-state index in [-0.39, 0.29) is 24.0 Å². The predicted octanol–water partition coefficient (Wildman–Crippen LogP) is 3.69. The van der Waals surface area contributed by atoms with E-state index < -0.39 is 0 Å². The first-order valence-electron chi connectivity index (χ1n) is 11.5. The van der Waals surface area contributed by atoms with Crippen LogP contribution in [0.5, 0.6) is 0 Å². The van der Waals surface area contributed by atoms with Gasteiger partial charge in [-0.3, -0.25) is 9.89 Å². The van der Waals surface area contributed by atoms with Crippen molar-refractivity contribution in [2.45, 2.75) is 76.7 Å². The zero-order valence-corrected chi connectivity index (χ0v) is 20.9. The Morgan fingerprint density at radius 2 is 1.46 bits per heavy atom. The number of hydrogen-bond acceptors (Lipinski definition) is 3. The molecule has 5 nitrogen and oxygen atoms in total. The summed E-state index contributed by atoms with van der Waals surface area (Å²) in [6.45, 7) is 9.42. The molecule has 0 atom stereocenters. The van der Waals surface area contributed by atoms with Crippen LogP contribution >= 0.6 is 24.0 Å². The molecule has 0 aromatic heterocycles. The summed E-state index contributed by atoms with van der Waals surface area (Å²) in [6.07, 6.45) is 13.5. The third kappa shape index (κ3) is 5.97. The van der Waals surface area contributed by atoms with Crippen LogP contribution in [0.25, 0.3) is 0 Å². The Hall–Kier alpha value is -0.0800. The largest absolute Gasteiger partial charge is 0.356 e. The van der Waals surface area contributed by atoms with E-state index in [1.807, 2.05) is 7.05 Å². The van der Waals surface area contributed by atoms with Crippen LogP contribution in [0.1, 0.15) is 71.1 Å². The fourth-order valence-corrected chi connectivity index (χ4v) is 5.53. The molecule has 3 fully saturated rings. The van der Waals surface area contributed by atoms with Crippen LogP contribution < -0.4 is 10.6 Å². The lowest BCUT2D eigenvalue weighted by molar-refractivity contribution is 0.0173. The van der Waals surface area contributed by atoms with Gasteiger partial charge in [-0.1, -0.05) is 26.2 Å². The number of nitrogens with zero attached hydrogens (tertiary/aromatic N) is 3. The molecule has 28 heavy (non-hydrogen) atoms. The lowest BCUT2D eigenvalue weighted by Gasteiger charge is -2.50. The van der Waals surface area contributed by atoms with Gasteiger partial charge in [-0.15, -0.1) is 24.0 Å². The van der Waals surface area contributed by atoms with Crippen molar-refractivity contribution in [2.75, 3.05) is 53.4 Å². The summed E-state index contributed by atoms with van der Waals surface area (Å²) >= 11 is 0. The molecule has 2 N–H and O–H groups in total. The van der Waals surface area contributed by atoms with E-state index in [9.17, 15) is 0 Å². The zero-order valence-electron chi connectivity index (χ0n) is 18.6. The number of halogens is 1. The Morgan fingerprint density at radius 3 is 2.04 bits per heavy atom. The van der Waals surface area contributed by atoms with E-state index in [0.717, 1.165) is 19.0 Å². The monoisotopic (exact) mass is 505 g/mol. The summed E-state index contributed by atoms with van der Waals surface area (Å²) in [5, 5.41) is 7.42. The summed E-state index contributed by atoms with van der Waals surface area (Å²) in [6, 6.07) is 0. The van der Waals surface area contributed by atoms with Crippen molar-refractivity contribution in [1.82, 2.24) is 20.4 Å². The summed E-state index contributed by atoms with van der Waals surface area (Å²) < 4.78 is 0. The number of rotatable bonds is 6. The molecule has 6 heteroatoms. The topological polar surface area (TPSA) is 42.9 Å². The highest BCUT2D eigenvalue weighted by atomic mass is 127. The van der Waals surface area contributed by atoms with E-state index in [1.54, 1.807) is 0 Å². The van der Waals surface area contributed by atoms with Crippen molar-refractivity contribution < 1.29 is 0 Å². The molecular formula is C22H44IN5. The zero-order chi connectivity index (χ0) is 19.2. The van der Waals surface area contributed by atoms with Crippen LogP contribution in [0.4, 0.5) is 0 Å². The molecule has 1 aliphatic carbocycles. The molecule has 3 rings (SSSR count). The maximum absolute atomic E-state index is 4.56. The van der Waals surface area contributed by atoms with Gasteiger partial charge >= 0.3 is 0 Å². The van der Waals surface area contributed by atoms with Crippen LogP contribution in [-0.4, -0.2) is 74.7 Å². The first-order valence-corrected chi connectivity index (χ1v) is 11.5. The lowest BCUT2D eigenvalue weighted by atomic mass is 9.83. The molecule has 2 heterocycles. The van der Waals surface area contributed by atoms with Gasteiger partial charge < -0.3 is 15.5 Å². The lowest BCUT2D eigenvalue weighted by Crippen LogP contribution is -2.62. The molecule has 0 aromatic carbocycles. The number of hydrogen-bond donors (Lipinski definition) is 2. The summed E-state index contributed by atoms with van der Waals surface area (Å²) in [4.78, 5) is 9.84. The SMILES string of the molecule is CCC1(CNC(=NC)NCC2(N3CCCCC3)CCN(C)CC2)CCCC1.I. The predicted molar refractivity (Wildman–Crippen MR) is 131 cm³/mol. The second kappa shape index (κ2) is 11.3. The first kappa shape index (κ1) is 24.2. The molecule has 1 saturated carbocycles. The third-order valence-corrected chi connectivity index (χ3v) is 7.80. The Bertz CT molecular complexity index is 475. The maximum Gasteiger partial charge on any atom is 0.191 e. The third-order valence-electron chi connectivity index (χ3n) is 7.80. The highest BCUT2D eigenvalue weighted by Crippen LogP contribution is 2.40. The number of aliphatic imine (C=N–C) groups is 1. The molecule has 0 amide bonds. The molecular weight excluding hydrogens is 461 g/mol. The second-order valence-corrected chi connectivity index (χ2v) is 9.42. The highest BCUT2D eigenvalue weighted by Gasteiger charge is 2.40. The van der Waals surface area contributed by atoms with E-state index >= 15 is 0 Å². The van der Waals surface area contributed by atoms with Gasteiger partial charge in [-0.25, -0.2) is 0 Å². The number of likely N-dealkylation sites (tertiary alicyclic amines) is 2. The van der Waals surface area contributed by atoms with Crippen LogP contribution in [0.15, 0.2) is 4.99 Å². The van der Waals surface area contributed by atoms with E-state index in [1.165, 1.54) is 90.4 Å². The van der Waals surface area contributed by atoms with Crippen molar-refractivity contribution in [1.29, 1.82) is 0 Å². The quantitative estimate of drug-likeness (QED) is 0.328. The summed E-state index contributed by atoms with van der Waals surface area (Å²) in [5.74, 6) is 1.00. The standard InChI is InChI=1S/C22H43N5.HI/c1-4-21(10-6-7-11-21)18-24-20(23-2)25-19-22(12-16-26(3)17-13-22)27-14-8-5-9-15-27;/h4-19H2,1-3H3,(H2,23,24,25);1H. The van der Waals surface area contributed by atoms with Gasteiger partial charge in [0.25, 0.3) is 0 Å². The second-order valence-electron chi connectivity index (χ2n) is 9.42. The van der Waals surface area contributed by atoms with Crippen LogP contribution in [0.2, 0.25) is 0 Å². The van der Waals surface area contributed by atoms with Crippen molar-refractivity contribution in [2.24, 2.45) is 10.4 Å². The number of piperidine rings is 2. The molecule has 0 radical (unpaired) electrons. The van der Waals surface area contributed by atoms with Crippen molar-refractivity contribution >= 4 is 29.9 Å². The Kier molecular flexibility index (Phi) is 9.81. The minimum Gasteiger partial charge on any atom is -0.356 e. The Labute approximate surface area is 190 Å². The fourth-order valence-electron chi connectivity index (χ4n) is 5.53. The molecule has 0 aromatic rings. The maximum atomic E-state index is 4.56. The Balaban J connectivity index is 0.00000280. The summed E-state index contributed by atoms with van der Waals surface area (Å²) in [5.41, 5.74) is 0.802. The highest BCUT2D eigenvalue weighted by molar-refractivity contribution is 14.0. The van der Waals surface area contributed by atoms with Crippen molar-refractivity contribution in [3.05, 3.63) is 0 Å². The van der Waals surface area contributed by atoms with E-state index in [0.29, 0.717) is 11.0 Å². The molecule has 164 valence electrons. The normalized spacial score (nSPS) is 25.9. The van der Waals surface area contributed by atoms with Crippen LogP contribution in [0.3, 0.4) is 0 Å². The van der Waals surface area contributed by atoms with Gasteiger partial charge in [0.15, 0.2) is 5.96 Å². The van der Waals surface area contributed by atoms with Crippen molar-refractivity contribution in [3.8, 4) is 0 Å². The van der Waals surface area contributed by atoms with Gasteiger partial charge in [0, 0.05) is 25.7 Å². The van der Waals surface area contributed by atoms with Crippen LogP contribution in [0, 0.1) is 5.41 Å². The fraction of sp³-hybridized carbons (Fsp3) is 0.955. The first-order chi connectivity index (χ1) is 13.1. The minimum absolute atomic E-state index is 0. The van der Waals surface area contributed by atoms with Gasteiger partial charge in [-0.05, 0) is 83.6 Å². The van der Waals surface area contributed by atoms with Gasteiger partial charge in [0.1, 0.15) is 0 Å². The Morgan fingerprint density at radius 1 is 0.857 bits per heavy atom. The molecule has 0 spiro atoms.